The van der Waals surface area contributed by atoms with Gasteiger partial charge in [-0.1, -0.05) is 18.2 Å². The van der Waals surface area contributed by atoms with E-state index in [1.54, 1.807) is 31.7 Å². The lowest BCUT2D eigenvalue weighted by molar-refractivity contribution is -0.122. The molecule has 0 saturated heterocycles. The molecule has 31 heavy (non-hydrogen) atoms. The topological polar surface area (TPSA) is 81.2 Å². The van der Waals surface area contributed by atoms with Gasteiger partial charge in [-0.05, 0) is 61.7 Å². The van der Waals surface area contributed by atoms with Gasteiger partial charge in [0.05, 0.1) is 18.2 Å². The summed E-state index contributed by atoms with van der Waals surface area (Å²) in [6, 6.07) is 13.3. The molecule has 1 aliphatic heterocycles. The number of hydrogen-bond donors (Lipinski definition) is 2. The lowest BCUT2D eigenvalue weighted by Gasteiger charge is -2.16. The quantitative estimate of drug-likeness (QED) is 0.497. The van der Waals surface area contributed by atoms with Crippen molar-refractivity contribution in [3.8, 4) is 17.2 Å². The summed E-state index contributed by atoms with van der Waals surface area (Å²) in [5.74, 6) is 2.54. The largest absolute Gasteiger partial charge is 0.495 e. The molecule has 2 aromatic rings. The van der Waals surface area contributed by atoms with Gasteiger partial charge in [-0.2, -0.15) is 0 Å². The number of fused-ring (bicyclic) bond motifs is 1. The monoisotopic (exact) mass is 419 g/mol. The van der Waals surface area contributed by atoms with E-state index in [2.05, 4.69) is 15.6 Å². The van der Waals surface area contributed by atoms with Gasteiger partial charge in [0.25, 0.3) is 0 Å². The van der Waals surface area contributed by atoms with Gasteiger partial charge in [-0.25, -0.2) is 4.99 Å². The molecule has 0 atom stereocenters. The van der Waals surface area contributed by atoms with Gasteiger partial charge < -0.3 is 24.8 Å². The number of carbonyl (C=O) groups is 1. The van der Waals surface area contributed by atoms with Gasteiger partial charge in [-0.15, -0.1) is 0 Å². The van der Waals surface area contributed by atoms with E-state index in [0.717, 1.165) is 29.8 Å². The molecule has 1 fully saturated rings. The van der Waals surface area contributed by atoms with E-state index >= 15 is 0 Å². The fourth-order valence-electron chi connectivity index (χ4n) is 3.50. The minimum Gasteiger partial charge on any atom is -0.495 e. The zero-order chi connectivity index (χ0) is 21.7. The standard InChI is InChI=1S/C24H25N3O4/c1-3-25-22(9-6-14-26-18-7-4-5-8-19(18)29-2)27-23(28)24(12-13-24)17-10-11-20-21(15-17)31-16-30-20/h3-11,14-15,26H,12-13,16H2,1-2H3,(H,27,28)/b14-6+,22-9+,25-3-. The van der Waals surface area contributed by atoms with Crippen molar-refractivity contribution < 1.29 is 19.0 Å². The summed E-state index contributed by atoms with van der Waals surface area (Å²) in [6.45, 7) is 2.02. The molecule has 1 aliphatic carbocycles. The molecule has 7 nitrogen and oxygen atoms in total. The van der Waals surface area contributed by atoms with Gasteiger partial charge in [0.2, 0.25) is 12.7 Å². The van der Waals surface area contributed by atoms with Crippen molar-refractivity contribution in [1.82, 2.24) is 5.32 Å². The van der Waals surface area contributed by atoms with Gasteiger partial charge in [0, 0.05) is 12.4 Å². The number of anilines is 1. The maximum atomic E-state index is 13.1. The molecule has 0 spiro atoms. The van der Waals surface area contributed by atoms with Crippen LogP contribution >= 0.6 is 0 Å². The Bertz CT molecular complexity index is 1050. The van der Waals surface area contributed by atoms with Crippen LogP contribution in [0.4, 0.5) is 5.69 Å². The Balaban J connectivity index is 1.44. The van der Waals surface area contributed by atoms with E-state index in [9.17, 15) is 4.79 Å². The number of carbonyl (C=O) groups excluding carboxylic acids is 1. The van der Waals surface area contributed by atoms with Crippen LogP contribution in [-0.4, -0.2) is 26.0 Å². The molecule has 0 radical (unpaired) electrons. The number of methoxy groups -OCH3 is 1. The van der Waals surface area contributed by atoms with Crippen molar-refractivity contribution in [3.63, 3.8) is 0 Å². The maximum Gasteiger partial charge on any atom is 0.236 e. The lowest BCUT2D eigenvalue weighted by atomic mass is 9.94. The minimum absolute atomic E-state index is 0.0747. The summed E-state index contributed by atoms with van der Waals surface area (Å²) >= 11 is 0. The number of benzene rings is 2. The SMILES string of the molecule is C\C=N/C(=C\C=C\Nc1ccccc1OC)NC(=O)C1(c2ccc3c(c2)OCO3)CC1. The van der Waals surface area contributed by atoms with E-state index < -0.39 is 5.41 Å². The van der Waals surface area contributed by atoms with E-state index in [1.165, 1.54) is 0 Å². The second-order valence-corrected chi connectivity index (χ2v) is 7.25. The molecule has 1 heterocycles. The fraction of sp³-hybridized carbons (Fsp3) is 0.250. The van der Waals surface area contributed by atoms with Crippen molar-refractivity contribution in [2.75, 3.05) is 19.2 Å². The molecule has 1 saturated carbocycles. The highest BCUT2D eigenvalue weighted by Gasteiger charge is 2.51. The van der Waals surface area contributed by atoms with Crippen molar-refractivity contribution >= 4 is 17.8 Å². The van der Waals surface area contributed by atoms with Crippen LogP contribution in [0.2, 0.25) is 0 Å². The summed E-state index contributed by atoms with van der Waals surface area (Å²) in [5, 5.41) is 6.12. The highest BCUT2D eigenvalue weighted by atomic mass is 16.7. The van der Waals surface area contributed by atoms with Crippen LogP contribution in [0.5, 0.6) is 17.2 Å². The first kappa shape index (κ1) is 20.5. The predicted octanol–water partition coefficient (Wildman–Crippen LogP) is 4.13. The molecular weight excluding hydrogens is 394 g/mol. The van der Waals surface area contributed by atoms with E-state index in [1.807, 2.05) is 49.4 Å². The van der Waals surface area contributed by atoms with Crippen LogP contribution in [0.25, 0.3) is 0 Å². The third kappa shape index (κ3) is 4.40. The normalized spacial score (nSPS) is 16.5. The summed E-state index contributed by atoms with van der Waals surface area (Å²) < 4.78 is 16.2. The van der Waals surface area contributed by atoms with E-state index in [4.69, 9.17) is 14.2 Å². The molecule has 160 valence electrons. The number of para-hydroxylation sites is 2. The maximum absolute atomic E-state index is 13.1. The highest BCUT2D eigenvalue weighted by molar-refractivity contribution is 5.92. The summed E-state index contributed by atoms with van der Waals surface area (Å²) in [7, 11) is 1.63. The number of aliphatic imine (C=N–C) groups is 1. The first-order valence-electron chi connectivity index (χ1n) is 10.1. The molecule has 7 heteroatoms. The average Bonchev–Trinajstić information content (AvgIpc) is 3.48. The third-order valence-corrected chi connectivity index (χ3v) is 5.32. The zero-order valence-corrected chi connectivity index (χ0v) is 17.6. The Hall–Kier alpha value is -3.74. The molecule has 0 unspecified atom stereocenters. The molecule has 0 aromatic heterocycles. The fourth-order valence-corrected chi connectivity index (χ4v) is 3.50. The minimum atomic E-state index is -0.553. The number of rotatable bonds is 8. The number of allylic oxidation sites excluding steroid dienone is 2. The zero-order valence-electron chi connectivity index (χ0n) is 17.6. The smallest absolute Gasteiger partial charge is 0.236 e. The average molecular weight is 419 g/mol. The molecule has 0 bridgehead atoms. The number of hydrogen-bond acceptors (Lipinski definition) is 6. The van der Waals surface area contributed by atoms with E-state index in [0.29, 0.717) is 17.3 Å². The second-order valence-electron chi connectivity index (χ2n) is 7.25. The van der Waals surface area contributed by atoms with Crippen LogP contribution in [-0.2, 0) is 10.2 Å². The number of amides is 1. The van der Waals surface area contributed by atoms with Crippen LogP contribution in [0.1, 0.15) is 25.3 Å². The van der Waals surface area contributed by atoms with Crippen LogP contribution in [0, 0.1) is 0 Å². The Morgan fingerprint density at radius 1 is 1.16 bits per heavy atom. The second kappa shape index (κ2) is 8.95. The molecule has 4 rings (SSSR count). The summed E-state index contributed by atoms with van der Waals surface area (Å²) in [5.41, 5.74) is 1.23. The number of nitrogens with zero attached hydrogens (tertiary/aromatic N) is 1. The third-order valence-electron chi connectivity index (χ3n) is 5.32. The van der Waals surface area contributed by atoms with Gasteiger partial charge >= 0.3 is 0 Å². The van der Waals surface area contributed by atoms with Crippen LogP contribution in [0.3, 0.4) is 0 Å². The lowest BCUT2D eigenvalue weighted by Crippen LogP contribution is -2.33. The first-order valence-corrected chi connectivity index (χ1v) is 10.1. The summed E-state index contributed by atoms with van der Waals surface area (Å²) in [6.07, 6.45) is 8.51. The Morgan fingerprint density at radius 2 is 1.97 bits per heavy atom. The highest BCUT2D eigenvalue weighted by Crippen LogP contribution is 2.50. The van der Waals surface area contributed by atoms with E-state index in [-0.39, 0.29) is 12.7 Å². The molecule has 2 aromatic carbocycles. The first-order chi connectivity index (χ1) is 15.2. The molecule has 2 N–H and O–H groups in total. The molecular formula is C24H25N3O4. The Morgan fingerprint density at radius 3 is 2.74 bits per heavy atom. The van der Waals surface area contributed by atoms with Crippen molar-refractivity contribution in [2.24, 2.45) is 4.99 Å². The number of nitrogens with one attached hydrogen (secondary N) is 2. The summed E-state index contributed by atoms with van der Waals surface area (Å²) in [4.78, 5) is 17.4. The van der Waals surface area contributed by atoms with Crippen LogP contribution < -0.4 is 24.8 Å². The van der Waals surface area contributed by atoms with Gasteiger partial charge in [0.1, 0.15) is 11.6 Å². The van der Waals surface area contributed by atoms with Gasteiger partial charge in [-0.3, -0.25) is 4.79 Å². The molecule has 2 aliphatic rings. The number of ether oxygens (including phenoxy) is 3. The van der Waals surface area contributed by atoms with Crippen molar-refractivity contribution in [3.05, 3.63) is 72.2 Å². The van der Waals surface area contributed by atoms with Crippen LogP contribution in [0.15, 0.2) is 71.6 Å². The van der Waals surface area contributed by atoms with Gasteiger partial charge in [0.15, 0.2) is 11.5 Å². The predicted molar refractivity (Wildman–Crippen MR) is 120 cm³/mol. The van der Waals surface area contributed by atoms with Crippen molar-refractivity contribution in [2.45, 2.75) is 25.2 Å². The Kier molecular flexibility index (Phi) is 5.93. The van der Waals surface area contributed by atoms with Crippen molar-refractivity contribution in [1.29, 1.82) is 0 Å². The Labute approximate surface area is 181 Å². The molecule has 1 amide bonds.